The molecule has 0 fully saturated rings. The summed E-state index contributed by atoms with van der Waals surface area (Å²) >= 11 is 0. The first kappa shape index (κ1) is 19.5. The predicted molar refractivity (Wildman–Crippen MR) is 67.9 cm³/mol. The highest BCUT2D eigenvalue weighted by Crippen LogP contribution is 2.68. The largest absolute Gasteiger partial charge is 0.444 e. The van der Waals surface area contributed by atoms with Gasteiger partial charge in [-0.25, -0.2) is 4.79 Å². The van der Waals surface area contributed by atoms with Gasteiger partial charge in [0.15, 0.2) is 0 Å². The fourth-order valence-electron chi connectivity index (χ4n) is 1.11. The third kappa shape index (κ3) is 5.49. The van der Waals surface area contributed by atoms with Gasteiger partial charge in [0.1, 0.15) is 5.60 Å². The second-order valence-electron chi connectivity index (χ2n) is 5.04. The first-order valence-corrected chi connectivity index (χ1v) is 8.63. The monoisotopic (exact) mass is 335 g/mol. The zero-order valence-electron chi connectivity index (χ0n) is 11.2. The van der Waals surface area contributed by atoms with E-state index >= 15 is 0 Å². The van der Waals surface area contributed by atoms with Crippen LogP contribution in [0.15, 0.2) is 0 Å². The van der Waals surface area contributed by atoms with Crippen LogP contribution >= 0.6 is 15.2 Å². The summed E-state index contributed by atoms with van der Waals surface area (Å²) < 4.78 is 26.8. The minimum absolute atomic E-state index is 0.596. The first-order valence-electron chi connectivity index (χ1n) is 5.41. The lowest BCUT2D eigenvalue weighted by Gasteiger charge is -2.29. The Kier molecular flexibility index (Phi) is 5.97. The molecule has 0 saturated heterocycles. The molecule has 0 heterocycles. The Morgan fingerprint density at radius 1 is 1.10 bits per heavy atom. The van der Waals surface area contributed by atoms with Crippen molar-refractivity contribution in [3.8, 4) is 0 Å². The summed E-state index contributed by atoms with van der Waals surface area (Å²) in [6.45, 7) is 4.14. The highest BCUT2D eigenvalue weighted by molar-refractivity contribution is 7.72. The van der Waals surface area contributed by atoms with Crippen molar-refractivity contribution in [2.24, 2.45) is 0 Å². The maximum atomic E-state index is 11.2. The van der Waals surface area contributed by atoms with Gasteiger partial charge in [-0.1, -0.05) is 0 Å². The van der Waals surface area contributed by atoms with Gasteiger partial charge >= 0.3 is 21.3 Å². The van der Waals surface area contributed by atoms with E-state index in [-0.39, 0.29) is 0 Å². The summed E-state index contributed by atoms with van der Waals surface area (Å²) in [6, 6.07) is 0. The molecule has 0 atom stereocenters. The molecule has 0 aliphatic carbocycles. The Morgan fingerprint density at radius 3 is 1.80 bits per heavy atom. The molecule has 0 aliphatic heterocycles. The maximum Gasteiger partial charge on any atom is 0.407 e. The molecule has 0 unspecified atom stereocenters. The molecule has 0 rings (SSSR count). The van der Waals surface area contributed by atoms with Crippen molar-refractivity contribution < 1.29 is 43.3 Å². The number of nitrogens with one attached hydrogen (secondary N) is 1. The summed E-state index contributed by atoms with van der Waals surface area (Å²) in [5.41, 5.74) is -0.813. The van der Waals surface area contributed by atoms with E-state index in [1.54, 1.807) is 20.8 Å². The molecule has 0 aromatic rings. The van der Waals surface area contributed by atoms with Crippen molar-refractivity contribution >= 4 is 21.3 Å². The number of alkyl carbamates (subject to hydrolysis) is 1. The zero-order valence-corrected chi connectivity index (χ0v) is 13.0. The van der Waals surface area contributed by atoms with Crippen molar-refractivity contribution in [1.82, 2.24) is 5.32 Å². The summed E-state index contributed by atoms with van der Waals surface area (Å²) in [7, 11) is -11.0. The topological polar surface area (TPSA) is 174 Å². The molecule has 0 aromatic heterocycles. The van der Waals surface area contributed by atoms with Gasteiger partial charge in [-0.3, -0.25) is 9.13 Å². The number of carbonyl (C=O) groups excluding carboxylic acids is 1. The smallest absolute Gasteiger partial charge is 0.407 e. The predicted octanol–water partition coefficient (Wildman–Crippen LogP) is -0.0973. The number of ether oxygens (including phenoxy) is 1. The van der Waals surface area contributed by atoms with Crippen molar-refractivity contribution in [3.63, 3.8) is 0 Å². The van der Waals surface area contributed by atoms with Crippen LogP contribution in [0.5, 0.6) is 0 Å². The fraction of sp³-hybridized carbons (Fsp3) is 0.875. The summed E-state index contributed by atoms with van der Waals surface area (Å²) in [5, 5.41) is 8.00. The molecule has 0 aromatic carbocycles. The lowest BCUT2D eigenvalue weighted by atomic mass is 10.2. The molecule has 0 aliphatic rings. The van der Waals surface area contributed by atoms with E-state index in [0.717, 1.165) is 0 Å². The third-order valence-corrected chi connectivity index (χ3v) is 5.94. The van der Waals surface area contributed by atoms with E-state index in [0.29, 0.717) is 0 Å². The lowest BCUT2D eigenvalue weighted by Crippen LogP contribution is -2.37. The van der Waals surface area contributed by atoms with Gasteiger partial charge in [-0.15, -0.1) is 0 Å². The Balaban J connectivity index is 4.73. The van der Waals surface area contributed by atoms with Crippen LogP contribution in [0.3, 0.4) is 0 Å². The highest BCUT2D eigenvalue weighted by Gasteiger charge is 2.58. The first-order chi connectivity index (χ1) is 8.60. The van der Waals surface area contributed by atoms with Crippen LogP contribution in [0.1, 0.15) is 27.2 Å². The molecule has 20 heavy (non-hydrogen) atoms. The van der Waals surface area contributed by atoms with E-state index < -0.39 is 44.9 Å². The molecule has 1 amide bonds. The molecule has 0 bridgehead atoms. The standard InChI is InChI=1S/C8H19NO9P2/c1-7(2,3)18-6(10)9-5-4-8(11,19(12,13)14)20(15,16)17/h11H,4-5H2,1-3H3,(H,9,10)(H2,12,13,14)(H2,15,16,17). The minimum atomic E-state index is -5.51. The molecule has 0 saturated carbocycles. The Bertz CT molecular complexity index is 423. The van der Waals surface area contributed by atoms with E-state index in [1.807, 2.05) is 5.32 Å². The third-order valence-electron chi connectivity index (χ3n) is 2.06. The van der Waals surface area contributed by atoms with Gasteiger partial charge in [0.2, 0.25) is 0 Å². The maximum absolute atomic E-state index is 11.2. The van der Waals surface area contributed by atoms with Gasteiger partial charge in [0, 0.05) is 13.0 Å². The summed E-state index contributed by atoms with van der Waals surface area (Å²) in [4.78, 5) is 46.6. The number of amides is 1. The number of rotatable bonds is 5. The summed E-state index contributed by atoms with van der Waals surface area (Å²) in [6.07, 6.45) is -1.99. The summed E-state index contributed by atoms with van der Waals surface area (Å²) in [5.74, 6) is 0. The van der Waals surface area contributed by atoms with Crippen LogP contribution in [-0.4, -0.2) is 48.0 Å². The van der Waals surface area contributed by atoms with E-state index in [4.69, 9.17) is 24.3 Å². The fourth-order valence-corrected chi connectivity index (χ4v) is 3.27. The van der Waals surface area contributed by atoms with Crippen molar-refractivity contribution in [3.05, 3.63) is 0 Å². The number of carbonyl (C=O) groups is 1. The molecular formula is C8H19NO9P2. The van der Waals surface area contributed by atoms with Gasteiger partial charge in [-0.2, -0.15) is 0 Å². The Morgan fingerprint density at radius 2 is 1.50 bits per heavy atom. The van der Waals surface area contributed by atoms with Crippen LogP contribution in [0, 0.1) is 0 Å². The van der Waals surface area contributed by atoms with Crippen LogP contribution in [0.2, 0.25) is 0 Å². The molecule has 12 heteroatoms. The molecular weight excluding hydrogens is 316 g/mol. The molecule has 120 valence electrons. The molecule has 0 radical (unpaired) electrons. The van der Waals surface area contributed by atoms with Crippen LogP contribution in [0.25, 0.3) is 0 Å². The molecule has 6 N–H and O–H groups in total. The lowest BCUT2D eigenvalue weighted by molar-refractivity contribution is 0.0512. The number of hydrogen-bond donors (Lipinski definition) is 6. The van der Waals surface area contributed by atoms with E-state index in [2.05, 4.69) is 0 Å². The number of aliphatic hydroxyl groups is 1. The zero-order chi connectivity index (χ0) is 16.4. The van der Waals surface area contributed by atoms with Crippen LogP contribution in [-0.2, 0) is 13.9 Å². The second-order valence-corrected chi connectivity index (χ2v) is 9.05. The molecule has 10 nitrogen and oxygen atoms in total. The molecule has 0 spiro atoms. The van der Waals surface area contributed by atoms with Gasteiger partial charge in [0.25, 0.3) is 5.08 Å². The van der Waals surface area contributed by atoms with Crippen LogP contribution in [0.4, 0.5) is 4.79 Å². The van der Waals surface area contributed by atoms with Crippen molar-refractivity contribution in [1.29, 1.82) is 0 Å². The van der Waals surface area contributed by atoms with Gasteiger partial charge in [-0.05, 0) is 20.8 Å². The van der Waals surface area contributed by atoms with Crippen LogP contribution < -0.4 is 5.32 Å². The highest BCUT2D eigenvalue weighted by atomic mass is 31.2. The Hall–Kier alpha value is -0.470. The second kappa shape index (κ2) is 6.11. The van der Waals surface area contributed by atoms with Gasteiger partial charge in [0.05, 0.1) is 0 Å². The quantitative estimate of drug-likeness (QED) is 0.375. The van der Waals surface area contributed by atoms with Crippen molar-refractivity contribution in [2.45, 2.75) is 37.9 Å². The number of hydrogen-bond acceptors (Lipinski definition) is 5. The SMILES string of the molecule is CC(C)(C)OC(=O)NCCC(O)(P(=O)(O)O)P(=O)(O)O. The van der Waals surface area contributed by atoms with Gasteiger partial charge < -0.3 is 34.7 Å². The normalized spacial score (nSPS) is 14.0. The Labute approximate surface area is 115 Å². The van der Waals surface area contributed by atoms with E-state index in [9.17, 15) is 19.0 Å². The van der Waals surface area contributed by atoms with Crippen molar-refractivity contribution in [2.75, 3.05) is 6.54 Å². The van der Waals surface area contributed by atoms with E-state index in [1.165, 1.54) is 0 Å². The average Bonchev–Trinajstić information content (AvgIpc) is 2.10. The minimum Gasteiger partial charge on any atom is -0.444 e. The average molecular weight is 335 g/mol.